The number of benzene rings is 2. The Bertz CT molecular complexity index is 530. The number of rotatable bonds is 2. The van der Waals surface area contributed by atoms with Gasteiger partial charge in [0.1, 0.15) is 0 Å². The Labute approximate surface area is 116 Å². The van der Waals surface area contributed by atoms with Crippen molar-refractivity contribution in [3.63, 3.8) is 0 Å². The van der Waals surface area contributed by atoms with Gasteiger partial charge in [-0.1, -0.05) is 67.8 Å². The monoisotopic (exact) mass is 250 g/mol. The maximum Gasteiger partial charge on any atom is -0.0155 e. The summed E-state index contributed by atoms with van der Waals surface area (Å²) in [5.74, 6) is 0.805. The van der Waals surface area contributed by atoms with E-state index in [1.807, 2.05) is 0 Å². The van der Waals surface area contributed by atoms with E-state index in [-0.39, 0.29) is 0 Å². The Hall–Kier alpha value is -1.56. The van der Waals surface area contributed by atoms with Crippen LogP contribution in [-0.4, -0.2) is 0 Å². The molecule has 0 heteroatoms. The molecular formula is C19H22. The van der Waals surface area contributed by atoms with Crippen LogP contribution in [0, 0.1) is 6.92 Å². The quantitative estimate of drug-likeness (QED) is 0.640. The summed E-state index contributed by atoms with van der Waals surface area (Å²) >= 11 is 0. The molecule has 0 unspecified atom stereocenters. The van der Waals surface area contributed by atoms with Crippen LogP contribution < -0.4 is 0 Å². The lowest BCUT2D eigenvalue weighted by molar-refractivity contribution is 0.443. The van der Waals surface area contributed by atoms with Crippen molar-refractivity contribution < 1.29 is 0 Å². The number of hydrogen-bond acceptors (Lipinski definition) is 0. The van der Waals surface area contributed by atoms with Crippen molar-refractivity contribution in [2.24, 2.45) is 0 Å². The van der Waals surface area contributed by atoms with Gasteiger partial charge in [-0.15, -0.1) is 0 Å². The van der Waals surface area contributed by atoms with Crippen LogP contribution in [0.15, 0.2) is 48.5 Å². The highest BCUT2D eigenvalue weighted by Gasteiger charge is 2.15. The number of hydrogen-bond donors (Lipinski definition) is 0. The van der Waals surface area contributed by atoms with Gasteiger partial charge in [0.2, 0.25) is 0 Å². The van der Waals surface area contributed by atoms with Gasteiger partial charge in [0.25, 0.3) is 0 Å². The largest absolute Gasteiger partial charge is 0.0620 e. The van der Waals surface area contributed by atoms with E-state index in [1.54, 1.807) is 0 Å². The van der Waals surface area contributed by atoms with Crippen LogP contribution >= 0.6 is 0 Å². The molecule has 1 aliphatic carbocycles. The lowest BCUT2D eigenvalue weighted by Gasteiger charge is -2.22. The Balaban J connectivity index is 1.84. The Morgan fingerprint density at radius 1 is 0.789 bits per heavy atom. The lowest BCUT2D eigenvalue weighted by atomic mass is 9.83. The molecule has 0 amide bonds. The van der Waals surface area contributed by atoms with E-state index >= 15 is 0 Å². The van der Waals surface area contributed by atoms with Crippen molar-refractivity contribution in [2.75, 3.05) is 0 Å². The summed E-state index contributed by atoms with van der Waals surface area (Å²) < 4.78 is 0. The fourth-order valence-corrected chi connectivity index (χ4v) is 3.27. The zero-order chi connectivity index (χ0) is 13.1. The first kappa shape index (κ1) is 12.5. The van der Waals surface area contributed by atoms with Gasteiger partial charge in [-0.05, 0) is 47.9 Å². The summed E-state index contributed by atoms with van der Waals surface area (Å²) in [6, 6.07) is 17.9. The van der Waals surface area contributed by atoms with Crippen molar-refractivity contribution in [2.45, 2.75) is 44.9 Å². The summed E-state index contributed by atoms with van der Waals surface area (Å²) in [4.78, 5) is 0. The van der Waals surface area contributed by atoms with Gasteiger partial charge in [0, 0.05) is 0 Å². The molecule has 19 heavy (non-hydrogen) atoms. The molecule has 0 heterocycles. The summed E-state index contributed by atoms with van der Waals surface area (Å²) in [7, 11) is 0. The minimum Gasteiger partial charge on any atom is -0.0620 e. The van der Waals surface area contributed by atoms with Gasteiger partial charge in [0.15, 0.2) is 0 Å². The van der Waals surface area contributed by atoms with Crippen LogP contribution in [0.4, 0.5) is 0 Å². The van der Waals surface area contributed by atoms with Crippen LogP contribution in [0.5, 0.6) is 0 Å². The lowest BCUT2D eigenvalue weighted by Crippen LogP contribution is -2.04. The smallest absolute Gasteiger partial charge is 0.0155 e. The van der Waals surface area contributed by atoms with Crippen LogP contribution in [0.1, 0.15) is 49.1 Å². The molecule has 0 nitrogen and oxygen atoms in total. The summed E-state index contributed by atoms with van der Waals surface area (Å²) in [6.07, 6.45) is 7.00. The first-order chi connectivity index (χ1) is 9.34. The molecule has 0 saturated heterocycles. The maximum absolute atomic E-state index is 2.35. The van der Waals surface area contributed by atoms with Gasteiger partial charge in [-0.2, -0.15) is 0 Å². The first-order valence-electron chi connectivity index (χ1n) is 7.50. The minimum atomic E-state index is 0.805. The van der Waals surface area contributed by atoms with Crippen molar-refractivity contribution in [3.8, 4) is 11.1 Å². The van der Waals surface area contributed by atoms with Crippen molar-refractivity contribution in [1.82, 2.24) is 0 Å². The molecule has 1 fully saturated rings. The molecule has 1 saturated carbocycles. The highest BCUT2D eigenvalue weighted by Crippen LogP contribution is 2.33. The average molecular weight is 250 g/mol. The normalized spacial score (nSPS) is 16.5. The van der Waals surface area contributed by atoms with Crippen LogP contribution in [0.3, 0.4) is 0 Å². The zero-order valence-electron chi connectivity index (χ0n) is 11.7. The molecule has 98 valence electrons. The van der Waals surface area contributed by atoms with E-state index in [9.17, 15) is 0 Å². The third-order valence-electron chi connectivity index (χ3n) is 4.44. The Morgan fingerprint density at radius 2 is 1.47 bits per heavy atom. The van der Waals surface area contributed by atoms with Crippen LogP contribution in [-0.2, 0) is 0 Å². The van der Waals surface area contributed by atoms with Crippen molar-refractivity contribution >= 4 is 0 Å². The third kappa shape index (κ3) is 2.73. The average Bonchev–Trinajstić information content (AvgIpc) is 2.49. The van der Waals surface area contributed by atoms with E-state index in [1.165, 1.54) is 54.4 Å². The number of aryl methyl sites for hydroxylation is 1. The maximum atomic E-state index is 2.35. The molecule has 0 aromatic heterocycles. The third-order valence-corrected chi connectivity index (χ3v) is 4.44. The van der Waals surface area contributed by atoms with Gasteiger partial charge >= 0.3 is 0 Å². The van der Waals surface area contributed by atoms with Gasteiger partial charge in [-0.25, -0.2) is 0 Å². The minimum absolute atomic E-state index is 0.805. The summed E-state index contributed by atoms with van der Waals surface area (Å²) in [5, 5.41) is 0. The Kier molecular flexibility index (Phi) is 3.68. The summed E-state index contributed by atoms with van der Waals surface area (Å²) in [5.41, 5.74) is 5.60. The van der Waals surface area contributed by atoms with E-state index in [0.717, 1.165) is 5.92 Å². The fraction of sp³-hybridized carbons (Fsp3) is 0.368. The van der Waals surface area contributed by atoms with Crippen molar-refractivity contribution in [1.29, 1.82) is 0 Å². The molecule has 0 radical (unpaired) electrons. The predicted molar refractivity (Wildman–Crippen MR) is 82.4 cm³/mol. The molecule has 0 N–H and O–H groups in total. The SMILES string of the molecule is Cc1ccccc1-c1ccc(C2CCCCC2)cc1. The highest BCUT2D eigenvalue weighted by atomic mass is 14.2. The Morgan fingerprint density at radius 3 is 2.16 bits per heavy atom. The van der Waals surface area contributed by atoms with Gasteiger partial charge in [-0.3, -0.25) is 0 Å². The summed E-state index contributed by atoms with van der Waals surface area (Å²) in [6.45, 7) is 2.18. The predicted octanol–water partition coefficient (Wildman–Crippen LogP) is 5.71. The highest BCUT2D eigenvalue weighted by molar-refractivity contribution is 5.67. The standard InChI is InChI=1S/C19H22/c1-15-7-5-6-10-19(15)18-13-11-17(12-14-18)16-8-3-2-4-9-16/h5-7,10-14,16H,2-4,8-9H2,1H3. The second kappa shape index (κ2) is 5.61. The molecule has 1 aliphatic rings. The van der Waals surface area contributed by atoms with Gasteiger partial charge in [0.05, 0.1) is 0 Å². The van der Waals surface area contributed by atoms with E-state index in [2.05, 4.69) is 55.5 Å². The first-order valence-corrected chi connectivity index (χ1v) is 7.50. The second-order valence-electron chi connectivity index (χ2n) is 5.77. The topological polar surface area (TPSA) is 0 Å². The van der Waals surface area contributed by atoms with Gasteiger partial charge < -0.3 is 0 Å². The van der Waals surface area contributed by atoms with Crippen molar-refractivity contribution in [3.05, 3.63) is 59.7 Å². The zero-order valence-corrected chi connectivity index (χ0v) is 11.7. The van der Waals surface area contributed by atoms with E-state index < -0.39 is 0 Å². The molecule has 0 aliphatic heterocycles. The van der Waals surface area contributed by atoms with E-state index in [4.69, 9.17) is 0 Å². The molecule has 2 aromatic carbocycles. The fourth-order valence-electron chi connectivity index (χ4n) is 3.27. The second-order valence-corrected chi connectivity index (χ2v) is 5.77. The molecule has 3 rings (SSSR count). The molecule has 0 spiro atoms. The molecular weight excluding hydrogens is 228 g/mol. The molecule has 0 atom stereocenters. The van der Waals surface area contributed by atoms with Crippen LogP contribution in [0.25, 0.3) is 11.1 Å². The van der Waals surface area contributed by atoms with E-state index in [0.29, 0.717) is 0 Å². The molecule has 2 aromatic rings. The van der Waals surface area contributed by atoms with Crippen LogP contribution in [0.2, 0.25) is 0 Å². The molecule has 0 bridgehead atoms.